The Balaban J connectivity index is 1.92. The summed E-state index contributed by atoms with van der Waals surface area (Å²) in [5.74, 6) is 0.590. The molecule has 0 aliphatic carbocycles. The van der Waals surface area contributed by atoms with E-state index in [-0.39, 0.29) is 17.4 Å². The molecule has 2 aromatic carbocycles. The average Bonchev–Trinajstić information content (AvgIpc) is 2.59. The zero-order chi connectivity index (χ0) is 19.6. The van der Waals surface area contributed by atoms with E-state index in [4.69, 9.17) is 11.6 Å². The summed E-state index contributed by atoms with van der Waals surface area (Å²) >= 11 is 6.55. The third-order valence-corrected chi connectivity index (χ3v) is 5.63. The molecule has 0 saturated heterocycles. The molecule has 0 unspecified atom stereocenters. The smallest absolute Gasteiger partial charge is 0.223 e. The van der Waals surface area contributed by atoms with Gasteiger partial charge in [0.1, 0.15) is 0 Å². The van der Waals surface area contributed by atoms with Crippen LogP contribution in [0.25, 0.3) is 0 Å². The molecule has 2 atom stereocenters. The van der Waals surface area contributed by atoms with Crippen molar-refractivity contribution in [2.45, 2.75) is 53.0 Å². The van der Waals surface area contributed by atoms with Gasteiger partial charge < -0.3 is 4.90 Å². The molecule has 2 aromatic rings. The van der Waals surface area contributed by atoms with Crippen LogP contribution in [-0.4, -0.2) is 17.4 Å². The number of amides is 1. The van der Waals surface area contributed by atoms with E-state index in [0.29, 0.717) is 12.3 Å². The van der Waals surface area contributed by atoms with E-state index in [1.54, 1.807) is 0 Å². The first kappa shape index (κ1) is 19.9. The molecule has 1 heterocycles. The number of fused-ring (bicyclic) bond motifs is 1. The van der Waals surface area contributed by atoms with E-state index in [9.17, 15) is 4.79 Å². The van der Waals surface area contributed by atoms with Crippen LogP contribution in [0.5, 0.6) is 0 Å². The van der Waals surface area contributed by atoms with Crippen molar-refractivity contribution in [2.24, 2.45) is 11.3 Å². The Morgan fingerprint density at radius 2 is 1.74 bits per heavy atom. The SMILES string of the molecule is C[C@H](CC(=O)N1CCc2ccccc2[C@@H]1c1ccccc1Cl)CC(C)(C)C. The first-order valence-corrected chi connectivity index (χ1v) is 10.3. The first-order valence-electron chi connectivity index (χ1n) is 9.88. The van der Waals surface area contributed by atoms with Gasteiger partial charge in [0.2, 0.25) is 5.91 Å². The van der Waals surface area contributed by atoms with Crippen LogP contribution in [0.4, 0.5) is 0 Å². The molecule has 0 aromatic heterocycles. The van der Waals surface area contributed by atoms with Gasteiger partial charge in [0.15, 0.2) is 0 Å². The van der Waals surface area contributed by atoms with Crippen LogP contribution < -0.4 is 0 Å². The molecule has 1 amide bonds. The van der Waals surface area contributed by atoms with E-state index in [1.807, 2.05) is 29.2 Å². The lowest BCUT2D eigenvalue weighted by Crippen LogP contribution is -2.41. The second-order valence-corrected chi connectivity index (χ2v) is 9.44. The van der Waals surface area contributed by atoms with Gasteiger partial charge in [-0.15, -0.1) is 0 Å². The van der Waals surface area contributed by atoms with Crippen molar-refractivity contribution in [1.82, 2.24) is 4.90 Å². The Bertz CT molecular complexity index is 808. The Hall–Kier alpha value is -1.80. The molecule has 0 saturated carbocycles. The molecule has 0 radical (unpaired) electrons. The van der Waals surface area contributed by atoms with Crippen LogP contribution in [0.2, 0.25) is 5.02 Å². The fourth-order valence-electron chi connectivity index (χ4n) is 4.40. The van der Waals surface area contributed by atoms with Gasteiger partial charge in [-0.3, -0.25) is 4.79 Å². The fourth-order valence-corrected chi connectivity index (χ4v) is 4.64. The zero-order valence-corrected chi connectivity index (χ0v) is 17.6. The highest BCUT2D eigenvalue weighted by Gasteiger charge is 2.33. The number of carbonyl (C=O) groups is 1. The minimum absolute atomic E-state index is 0.0991. The topological polar surface area (TPSA) is 20.3 Å². The monoisotopic (exact) mass is 383 g/mol. The predicted octanol–water partition coefficient (Wildman–Crippen LogP) is 6.28. The first-order chi connectivity index (χ1) is 12.8. The van der Waals surface area contributed by atoms with Crippen molar-refractivity contribution in [3.63, 3.8) is 0 Å². The average molecular weight is 384 g/mol. The van der Waals surface area contributed by atoms with Crippen LogP contribution >= 0.6 is 11.6 Å². The van der Waals surface area contributed by atoms with Crippen molar-refractivity contribution in [1.29, 1.82) is 0 Å². The number of carbonyl (C=O) groups excluding carboxylic acids is 1. The van der Waals surface area contributed by atoms with Gasteiger partial charge in [-0.2, -0.15) is 0 Å². The lowest BCUT2D eigenvalue weighted by Gasteiger charge is -2.39. The van der Waals surface area contributed by atoms with E-state index >= 15 is 0 Å². The molecular weight excluding hydrogens is 354 g/mol. The van der Waals surface area contributed by atoms with Crippen LogP contribution in [0, 0.1) is 11.3 Å². The summed E-state index contributed by atoms with van der Waals surface area (Å²) in [5, 5.41) is 0.722. The van der Waals surface area contributed by atoms with Crippen molar-refractivity contribution < 1.29 is 4.79 Å². The number of hydrogen-bond donors (Lipinski definition) is 0. The molecule has 0 fully saturated rings. The second kappa shape index (κ2) is 8.06. The molecule has 3 rings (SSSR count). The van der Waals surface area contributed by atoms with E-state index in [1.165, 1.54) is 11.1 Å². The highest BCUT2D eigenvalue weighted by atomic mass is 35.5. The Morgan fingerprint density at radius 3 is 2.41 bits per heavy atom. The summed E-state index contributed by atoms with van der Waals surface area (Å²) in [6.45, 7) is 9.63. The molecule has 0 spiro atoms. The molecule has 2 nitrogen and oxygen atoms in total. The van der Waals surface area contributed by atoms with Gasteiger partial charge in [0, 0.05) is 18.0 Å². The van der Waals surface area contributed by atoms with E-state index in [0.717, 1.165) is 30.0 Å². The van der Waals surface area contributed by atoms with Gasteiger partial charge in [-0.05, 0) is 46.9 Å². The molecular formula is C24H30ClNO. The second-order valence-electron chi connectivity index (χ2n) is 9.03. The normalized spacial score (nSPS) is 18.1. The molecule has 1 aliphatic rings. The Labute approximate surface area is 168 Å². The minimum atomic E-state index is -0.0991. The number of nitrogens with zero attached hydrogens (tertiary/aromatic N) is 1. The van der Waals surface area contributed by atoms with Crippen molar-refractivity contribution in [3.05, 3.63) is 70.2 Å². The standard InChI is InChI=1S/C24H30ClNO/c1-17(16-24(2,3)4)15-22(27)26-14-13-18-9-5-6-10-19(18)23(26)20-11-7-8-12-21(20)25/h5-12,17,23H,13-16H2,1-4H3/t17-,23-/m1/s1. The van der Waals surface area contributed by atoms with Crippen LogP contribution in [0.15, 0.2) is 48.5 Å². The van der Waals surface area contributed by atoms with Gasteiger partial charge in [-0.25, -0.2) is 0 Å². The van der Waals surface area contributed by atoms with Crippen molar-refractivity contribution >= 4 is 17.5 Å². The predicted molar refractivity (Wildman–Crippen MR) is 113 cm³/mol. The third-order valence-electron chi connectivity index (χ3n) is 5.29. The Morgan fingerprint density at radius 1 is 1.11 bits per heavy atom. The maximum Gasteiger partial charge on any atom is 0.223 e. The minimum Gasteiger partial charge on any atom is -0.331 e. The van der Waals surface area contributed by atoms with Crippen molar-refractivity contribution in [2.75, 3.05) is 6.54 Å². The summed E-state index contributed by atoms with van der Waals surface area (Å²) in [5.41, 5.74) is 3.77. The highest BCUT2D eigenvalue weighted by Crippen LogP contribution is 2.39. The number of hydrogen-bond acceptors (Lipinski definition) is 1. The summed E-state index contributed by atoms with van der Waals surface area (Å²) in [7, 11) is 0. The summed E-state index contributed by atoms with van der Waals surface area (Å²) in [6.07, 6.45) is 2.52. The maximum atomic E-state index is 13.3. The van der Waals surface area contributed by atoms with Gasteiger partial charge in [0.05, 0.1) is 6.04 Å². The van der Waals surface area contributed by atoms with Crippen LogP contribution in [-0.2, 0) is 11.2 Å². The lowest BCUT2D eigenvalue weighted by molar-refractivity contribution is -0.134. The fraction of sp³-hybridized carbons (Fsp3) is 0.458. The third kappa shape index (κ3) is 4.73. The molecule has 1 aliphatic heterocycles. The van der Waals surface area contributed by atoms with E-state index < -0.39 is 0 Å². The van der Waals surface area contributed by atoms with Crippen molar-refractivity contribution in [3.8, 4) is 0 Å². The lowest BCUT2D eigenvalue weighted by atomic mass is 9.83. The van der Waals surface area contributed by atoms with Crippen LogP contribution in [0.3, 0.4) is 0 Å². The summed E-state index contributed by atoms with van der Waals surface area (Å²) in [6, 6.07) is 16.3. The number of halogens is 1. The molecule has 144 valence electrons. The quantitative estimate of drug-likeness (QED) is 0.608. The van der Waals surface area contributed by atoms with Crippen LogP contribution in [0.1, 0.15) is 63.3 Å². The molecule has 3 heteroatoms. The Kier molecular flexibility index (Phi) is 5.95. The molecule has 27 heavy (non-hydrogen) atoms. The molecule has 0 N–H and O–H groups in total. The largest absolute Gasteiger partial charge is 0.331 e. The van der Waals surface area contributed by atoms with Gasteiger partial charge in [0.25, 0.3) is 0 Å². The van der Waals surface area contributed by atoms with Gasteiger partial charge >= 0.3 is 0 Å². The van der Waals surface area contributed by atoms with E-state index in [2.05, 4.69) is 52.0 Å². The zero-order valence-electron chi connectivity index (χ0n) is 16.8. The molecule has 0 bridgehead atoms. The van der Waals surface area contributed by atoms with Gasteiger partial charge in [-0.1, -0.05) is 81.8 Å². The highest BCUT2D eigenvalue weighted by molar-refractivity contribution is 6.31. The number of rotatable bonds is 4. The maximum absolute atomic E-state index is 13.3. The summed E-state index contributed by atoms with van der Waals surface area (Å²) < 4.78 is 0. The summed E-state index contributed by atoms with van der Waals surface area (Å²) in [4.78, 5) is 15.3. The number of benzene rings is 2.